The van der Waals surface area contributed by atoms with E-state index in [1.807, 2.05) is 25.1 Å². The van der Waals surface area contributed by atoms with Gasteiger partial charge in [0.05, 0.1) is 25.3 Å². The number of esters is 1. The molecule has 0 unspecified atom stereocenters. The van der Waals surface area contributed by atoms with Crippen LogP contribution in [0.3, 0.4) is 0 Å². The lowest BCUT2D eigenvalue weighted by Crippen LogP contribution is -2.45. The Morgan fingerprint density at radius 2 is 2.05 bits per heavy atom. The fourth-order valence-corrected chi connectivity index (χ4v) is 2.38. The van der Waals surface area contributed by atoms with Crippen LogP contribution in [-0.4, -0.2) is 25.7 Å². The number of benzene rings is 1. The van der Waals surface area contributed by atoms with Crippen molar-refractivity contribution in [2.75, 3.05) is 13.7 Å². The highest BCUT2D eigenvalue weighted by atomic mass is 16.5. The number of methoxy groups -OCH3 is 1. The molecule has 0 aliphatic carbocycles. The van der Waals surface area contributed by atoms with Crippen LogP contribution in [0.15, 0.2) is 35.5 Å². The van der Waals surface area contributed by atoms with Crippen molar-refractivity contribution < 1.29 is 19.1 Å². The van der Waals surface area contributed by atoms with Crippen LogP contribution < -0.4 is 15.4 Å². The number of carbonyl (C=O) groups excluding carboxylic acids is 2. The Bertz CT molecular complexity index is 610. The molecule has 1 aromatic carbocycles. The Balaban J connectivity index is 2.43. The zero-order valence-electron chi connectivity index (χ0n) is 12.9. The number of urea groups is 1. The summed E-state index contributed by atoms with van der Waals surface area (Å²) in [7, 11) is 1.55. The van der Waals surface area contributed by atoms with Gasteiger partial charge in [0, 0.05) is 11.3 Å². The van der Waals surface area contributed by atoms with Gasteiger partial charge in [-0.15, -0.1) is 0 Å². The number of ether oxygens (including phenoxy) is 2. The van der Waals surface area contributed by atoms with Crippen LogP contribution in [0.1, 0.15) is 31.9 Å². The van der Waals surface area contributed by atoms with Crippen molar-refractivity contribution in [1.82, 2.24) is 10.6 Å². The molecule has 6 heteroatoms. The van der Waals surface area contributed by atoms with E-state index in [1.54, 1.807) is 20.1 Å². The lowest BCUT2D eigenvalue weighted by atomic mass is 9.95. The highest BCUT2D eigenvalue weighted by Crippen LogP contribution is 2.33. The van der Waals surface area contributed by atoms with Crippen LogP contribution in [0.5, 0.6) is 5.75 Å². The first-order valence-electron chi connectivity index (χ1n) is 7.16. The van der Waals surface area contributed by atoms with E-state index in [0.717, 1.165) is 6.42 Å². The third-order valence-electron chi connectivity index (χ3n) is 3.38. The van der Waals surface area contributed by atoms with Crippen LogP contribution >= 0.6 is 0 Å². The maximum Gasteiger partial charge on any atom is 0.338 e. The maximum atomic E-state index is 12.3. The largest absolute Gasteiger partial charge is 0.496 e. The number of para-hydroxylation sites is 1. The molecule has 1 aliphatic heterocycles. The van der Waals surface area contributed by atoms with E-state index in [9.17, 15) is 9.59 Å². The SMILES string of the molecule is CCCOC(=O)C1=C(C)NC(=O)N[C@H]1c1ccccc1OC. The molecule has 0 aromatic heterocycles. The molecule has 0 spiro atoms. The third-order valence-corrected chi connectivity index (χ3v) is 3.38. The summed E-state index contributed by atoms with van der Waals surface area (Å²) in [6, 6.07) is 6.30. The van der Waals surface area contributed by atoms with Gasteiger partial charge in [-0.2, -0.15) is 0 Å². The fraction of sp³-hybridized carbons (Fsp3) is 0.375. The molecule has 0 saturated heterocycles. The zero-order chi connectivity index (χ0) is 16.1. The average molecular weight is 304 g/mol. The minimum atomic E-state index is -0.603. The lowest BCUT2D eigenvalue weighted by molar-refractivity contribution is -0.139. The summed E-state index contributed by atoms with van der Waals surface area (Å²) < 4.78 is 10.6. The molecule has 1 aromatic rings. The van der Waals surface area contributed by atoms with Crippen molar-refractivity contribution >= 4 is 12.0 Å². The lowest BCUT2D eigenvalue weighted by Gasteiger charge is -2.29. The van der Waals surface area contributed by atoms with Crippen LogP contribution in [0.2, 0.25) is 0 Å². The van der Waals surface area contributed by atoms with Crippen molar-refractivity contribution in [3.8, 4) is 5.75 Å². The molecular formula is C16H20N2O4. The molecule has 1 atom stereocenters. The molecule has 6 nitrogen and oxygen atoms in total. The Labute approximate surface area is 129 Å². The minimum absolute atomic E-state index is 0.336. The summed E-state index contributed by atoms with van der Waals surface area (Å²) in [5.74, 6) is 0.158. The number of allylic oxidation sites excluding steroid dienone is 1. The first-order chi connectivity index (χ1) is 10.6. The summed E-state index contributed by atoms with van der Waals surface area (Å²) in [6.45, 7) is 3.94. The van der Waals surface area contributed by atoms with E-state index in [2.05, 4.69) is 10.6 Å². The van der Waals surface area contributed by atoms with E-state index in [4.69, 9.17) is 9.47 Å². The maximum absolute atomic E-state index is 12.3. The van der Waals surface area contributed by atoms with Gasteiger partial charge in [0.1, 0.15) is 5.75 Å². The summed E-state index contributed by atoms with van der Waals surface area (Å²) in [6.07, 6.45) is 0.733. The fourth-order valence-electron chi connectivity index (χ4n) is 2.38. The van der Waals surface area contributed by atoms with Crippen LogP contribution in [0.25, 0.3) is 0 Å². The number of carbonyl (C=O) groups is 2. The van der Waals surface area contributed by atoms with E-state index in [-0.39, 0.29) is 6.03 Å². The summed E-state index contributed by atoms with van der Waals surface area (Å²) in [5.41, 5.74) is 1.58. The first kappa shape index (κ1) is 15.9. The van der Waals surface area contributed by atoms with Crippen molar-refractivity contribution in [3.63, 3.8) is 0 Å². The summed E-state index contributed by atoms with van der Waals surface area (Å²) in [5, 5.41) is 5.37. The minimum Gasteiger partial charge on any atom is -0.496 e. The zero-order valence-corrected chi connectivity index (χ0v) is 12.9. The van der Waals surface area contributed by atoms with Crippen LogP contribution in [-0.2, 0) is 9.53 Å². The van der Waals surface area contributed by atoms with Gasteiger partial charge in [0.25, 0.3) is 0 Å². The van der Waals surface area contributed by atoms with Crippen LogP contribution in [0, 0.1) is 0 Å². The van der Waals surface area contributed by atoms with Crippen molar-refractivity contribution in [2.24, 2.45) is 0 Å². The van der Waals surface area contributed by atoms with Gasteiger partial charge in [0.15, 0.2) is 0 Å². The second-order valence-corrected chi connectivity index (χ2v) is 4.95. The standard InChI is InChI=1S/C16H20N2O4/c1-4-9-22-15(19)13-10(2)17-16(20)18-14(13)11-7-5-6-8-12(11)21-3/h5-8,14H,4,9H2,1-3H3,(H2,17,18,20)/t14-/m0/s1. The third kappa shape index (κ3) is 3.21. The molecule has 0 radical (unpaired) electrons. The van der Waals surface area contributed by atoms with Gasteiger partial charge in [-0.05, 0) is 19.4 Å². The van der Waals surface area contributed by atoms with E-state index in [0.29, 0.717) is 29.2 Å². The molecule has 2 amide bonds. The van der Waals surface area contributed by atoms with Gasteiger partial charge in [-0.3, -0.25) is 0 Å². The Kier molecular flexibility index (Phi) is 5.04. The average Bonchev–Trinajstić information content (AvgIpc) is 2.51. The Morgan fingerprint density at radius 3 is 2.73 bits per heavy atom. The molecule has 0 bridgehead atoms. The second-order valence-electron chi connectivity index (χ2n) is 4.95. The highest BCUT2D eigenvalue weighted by molar-refractivity contribution is 5.95. The van der Waals surface area contributed by atoms with Gasteiger partial charge >= 0.3 is 12.0 Å². The molecule has 2 N–H and O–H groups in total. The Morgan fingerprint density at radius 1 is 1.32 bits per heavy atom. The molecule has 1 aliphatic rings. The Hall–Kier alpha value is -2.50. The number of rotatable bonds is 5. The topological polar surface area (TPSA) is 76.7 Å². The molecule has 0 saturated carbocycles. The van der Waals surface area contributed by atoms with Crippen molar-refractivity contribution in [1.29, 1.82) is 0 Å². The predicted molar refractivity (Wildman–Crippen MR) is 81.4 cm³/mol. The molecule has 118 valence electrons. The quantitative estimate of drug-likeness (QED) is 0.818. The van der Waals surface area contributed by atoms with Gasteiger partial charge in [-0.1, -0.05) is 25.1 Å². The molecule has 2 rings (SSSR count). The molecular weight excluding hydrogens is 284 g/mol. The molecule has 22 heavy (non-hydrogen) atoms. The number of hydrogen-bond donors (Lipinski definition) is 2. The van der Waals surface area contributed by atoms with Crippen molar-refractivity contribution in [3.05, 3.63) is 41.1 Å². The number of amides is 2. The van der Waals surface area contributed by atoms with Gasteiger partial charge in [0.2, 0.25) is 0 Å². The first-order valence-corrected chi connectivity index (χ1v) is 7.16. The van der Waals surface area contributed by atoms with Crippen LogP contribution in [0.4, 0.5) is 4.79 Å². The molecule has 1 heterocycles. The smallest absolute Gasteiger partial charge is 0.338 e. The van der Waals surface area contributed by atoms with E-state index in [1.165, 1.54) is 0 Å². The normalized spacial score (nSPS) is 17.6. The van der Waals surface area contributed by atoms with Crippen molar-refractivity contribution in [2.45, 2.75) is 26.3 Å². The van der Waals surface area contributed by atoms with Gasteiger partial charge in [-0.25, -0.2) is 9.59 Å². The van der Waals surface area contributed by atoms with E-state index < -0.39 is 12.0 Å². The predicted octanol–water partition coefficient (Wildman–Crippen LogP) is 2.28. The number of nitrogens with one attached hydrogen (secondary N) is 2. The van der Waals surface area contributed by atoms with E-state index >= 15 is 0 Å². The van der Waals surface area contributed by atoms with Gasteiger partial charge < -0.3 is 20.1 Å². The highest BCUT2D eigenvalue weighted by Gasteiger charge is 2.33. The summed E-state index contributed by atoms with van der Waals surface area (Å²) >= 11 is 0. The molecule has 0 fully saturated rings. The summed E-state index contributed by atoms with van der Waals surface area (Å²) in [4.78, 5) is 24.1. The monoisotopic (exact) mass is 304 g/mol. The second kappa shape index (κ2) is 6.98. The number of hydrogen-bond acceptors (Lipinski definition) is 4.